The van der Waals surface area contributed by atoms with Crippen LogP contribution in [0.1, 0.15) is 25.5 Å². The largest absolute Gasteiger partial charge is 0.383 e. The SMILES string of the molecule is C#CC1(C)CC(O)(c2ncc(Br)cc2F)C1. The van der Waals surface area contributed by atoms with Gasteiger partial charge in [-0.15, -0.1) is 6.42 Å². The minimum Gasteiger partial charge on any atom is -0.383 e. The molecule has 0 spiro atoms. The Morgan fingerprint density at radius 1 is 1.62 bits per heavy atom. The Morgan fingerprint density at radius 3 is 2.75 bits per heavy atom. The second-order valence-electron chi connectivity index (χ2n) is 4.57. The van der Waals surface area contributed by atoms with Gasteiger partial charge in [0.25, 0.3) is 0 Å². The first kappa shape index (κ1) is 11.6. The summed E-state index contributed by atoms with van der Waals surface area (Å²) in [4.78, 5) is 3.93. The van der Waals surface area contributed by atoms with Crippen LogP contribution in [-0.4, -0.2) is 10.1 Å². The van der Waals surface area contributed by atoms with Gasteiger partial charge in [-0.3, -0.25) is 4.98 Å². The van der Waals surface area contributed by atoms with E-state index in [2.05, 4.69) is 26.8 Å². The number of hydrogen-bond donors (Lipinski definition) is 1. The Morgan fingerprint density at radius 2 is 2.25 bits per heavy atom. The Balaban J connectivity index is 2.31. The van der Waals surface area contributed by atoms with Crippen LogP contribution in [0.4, 0.5) is 4.39 Å². The molecule has 0 saturated heterocycles. The molecular weight excluding hydrogens is 273 g/mol. The van der Waals surface area contributed by atoms with Crippen molar-refractivity contribution in [2.24, 2.45) is 5.41 Å². The van der Waals surface area contributed by atoms with Gasteiger partial charge >= 0.3 is 0 Å². The fourth-order valence-electron chi connectivity index (χ4n) is 2.27. The van der Waals surface area contributed by atoms with Crippen LogP contribution in [0.2, 0.25) is 0 Å². The summed E-state index contributed by atoms with van der Waals surface area (Å²) in [6.45, 7) is 1.87. The molecule has 1 saturated carbocycles. The summed E-state index contributed by atoms with van der Waals surface area (Å²) in [6, 6.07) is 1.30. The molecule has 1 heterocycles. The third-order valence-electron chi connectivity index (χ3n) is 2.96. The third-order valence-corrected chi connectivity index (χ3v) is 3.40. The van der Waals surface area contributed by atoms with Crippen LogP contribution in [0.25, 0.3) is 0 Å². The highest BCUT2D eigenvalue weighted by atomic mass is 79.9. The maximum absolute atomic E-state index is 13.6. The lowest BCUT2D eigenvalue weighted by molar-refractivity contribution is -0.107. The average molecular weight is 284 g/mol. The molecule has 0 radical (unpaired) electrons. The molecule has 0 amide bonds. The molecule has 0 aromatic carbocycles. The first-order valence-electron chi connectivity index (χ1n) is 4.90. The van der Waals surface area contributed by atoms with E-state index in [9.17, 15) is 9.50 Å². The summed E-state index contributed by atoms with van der Waals surface area (Å²) in [6.07, 6.45) is 7.52. The van der Waals surface area contributed by atoms with Crippen LogP contribution in [0, 0.1) is 23.6 Å². The summed E-state index contributed by atoms with van der Waals surface area (Å²) >= 11 is 3.12. The van der Waals surface area contributed by atoms with Gasteiger partial charge in [-0.2, -0.15) is 0 Å². The van der Waals surface area contributed by atoms with E-state index in [-0.39, 0.29) is 11.1 Å². The Labute approximate surface area is 102 Å². The molecule has 1 fully saturated rings. The van der Waals surface area contributed by atoms with Gasteiger partial charge < -0.3 is 5.11 Å². The molecule has 4 heteroatoms. The quantitative estimate of drug-likeness (QED) is 0.804. The van der Waals surface area contributed by atoms with Crippen LogP contribution >= 0.6 is 15.9 Å². The maximum Gasteiger partial charge on any atom is 0.148 e. The Bertz CT molecular complexity index is 474. The highest BCUT2D eigenvalue weighted by Gasteiger charge is 2.53. The van der Waals surface area contributed by atoms with Gasteiger partial charge in [0.05, 0.1) is 0 Å². The molecule has 1 aromatic rings. The Kier molecular flexibility index (Phi) is 2.56. The molecule has 1 aromatic heterocycles. The molecule has 1 aliphatic carbocycles. The van der Waals surface area contributed by atoms with Crippen LogP contribution < -0.4 is 0 Å². The molecule has 84 valence electrons. The summed E-state index contributed by atoms with van der Waals surface area (Å²) in [7, 11) is 0. The smallest absolute Gasteiger partial charge is 0.148 e. The zero-order valence-corrected chi connectivity index (χ0v) is 10.4. The molecule has 1 aliphatic rings. The molecule has 0 aliphatic heterocycles. The van der Waals surface area contributed by atoms with Crippen LogP contribution in [0.5, 0.6) is 0 Å². The van der Waals surface area contributed by atoms with Crippen LogP contribution in [0.15, 0.2) is 16.7 Å². The van der Waals surface area contributed by atoms with E-state index < -0.39 is 11.4 Å². The molecule has 0 atom stereocenters. The molecule has 0 unspecified atom stereocenters. The zero-order valence-electron chi connectivity index (χ0n) is 8.80. The number of pyridine rings is 1. The number of aromatic nitrogens is 1. The summed E-state index contributed by atoms with van der Waals surface area (Å²) < 4.78 is 14.2. The van der Waals surface area contributed by atoms with Crippen LogP contribution in [-0.2, 0) is 5.60 Å². The van der Waals surface area contributed by atoms with Gasteiger partial charge in [-0.25, -0.2) is 4.39 Å². The van der Waals surface area contributed by atoms with E-state index in [4.69, 9.17) is 6.42 Å². The van der Waals surface area contributed by atoms with E-state index in [0.29, 0.717) is 17.3 Å². The predicted molar refractivity (Wildman–Crippen MR) is 62.0 cm³/mol. The Hall–Kier alpha value is -0.920. The minimum atomic E-state index is -1.22. The van der Waals surface area contributed by atoms with Crippen molar-refractivity contribution in [1.29, 1.82) is 0 Å². The fourth-order valence-corrected chi connectivity index (χ4v) is 2.57. The number of terminal acetylenes is 1. The van der Waals surface area contributed by atoms with Crippen molar-refractivity contribution in [2.45, 2.75) is 25.4 Å². The van der Waals surface area contributed by atoms with Crippen molar-refractivity contribution < 1.29 is 9.50 Å². The van der Waals surface area contributed by atoms with Gasteiger partial charge in [-0.05, 0) is 41.8 Å². The minimum absolute atomic E-state index is 0.0865. The summed E-state index contributed by atoms with van der Waals surface area (Å²) in [5.41, 5.74) is -1.48. The maximum atomic E-state index is 13.6. The number of aliphatic hydroxyl groups is 1. The molecule has 1 N–H and O–H groups in total. The van der Waals surface area contributed by atoms with Gasteiger partial charge in [-0.1, -0.05) is 5.92 Å². The van der Waals surface area contributed by atoms with Crippen molar-refractivity contribution in [3.8, 4) is 12.3 Å². The summed E-state index contributed by atoms with van der Waals surface area (Å²) in [5, 5.41) is 10.2. The average Bonchev–Trinajstić information content (AvgIpc) is 2.15. The zero-order chi connectivity index (χ0) is 12.0. The molecule has 2 rings (SSSR count). The van der Waals surface area contributed by atoms with Gasteiger partial charge in [0.15, 0.2) is 0 Å². The predicted octanol–water partition coefficient (Wildman–Crippen LogP) is 2.60. The van der Waals surface area contributed by atoms with E-state index >= 15 is 0 Å². The number of nitrogens with zero attached hydrogens (tertiary/aromatic N) is 1. The fraction of sp³-hybridized carbons (Fsp3) is 0.417. The van der Waals surface area contributed by atoms with Crippen molar-refractivity contribution in [1.82, 2.24) is 4.98 Å². The highest BCUT2D eigenvalue weighted by Crippen LogP contribution is 2.53. The second kappa shape index (κ2) is 3.54. The normalized spacial score (nSPS) is 32.9. The van der Waals surface area contributed by atoms with E-state index in [1.807, 2.05) is 6.92 Å². The topological polar surface area (TPSA) is 33.1 Å². The number of rotatable bonds is 1. The summed E-state index contributed by atoms with van der Waals surface area (Å²) in [5.74, 6) is 2.11. The standard InChI is InChI=1S/C12H11BrFNO/c1-3-11(2)6-12(16,7-11)10-9(14)4-8(13)5-15-10/h1,4-5,16H,6-7H2,2H3. The number of hydrogen-bond acceptors (Lipinski definition) is 2. The molecule has 0 bridgehead atoms. The third kappa shape index (κ3) is 1.74. The van der Waals surface area contributed by atoms with Crippen molar-refractivity contribution in [2.75, 3.05) is 0 Å². The van der Waals surface area contributed by atoms with E-state index in [1.54, 1.807) is 0 Å². The van der Waals surface area contributed by atoms with Crippen molar-refractivity contribution in [3.05, 3.63) is 28.2 Å². The van der Waals surface area contributed by atoms with Gasteiger partial charge in [0.1, 0.15) is 17.1 Å². The van der Waals surface area contributed by atoms with Gasteiger partial charge in [0, 0.05) is 16.1 Å². The molecule has 2 nitrogen and oxygen atoms in total. The molecular formula is C12H11BrFNO. The van der Waals surface area contributed by atoms with Crippen molar-refractivity contribution >= 4 is 15.9 Å². The monoisotopic (exact) mass is 283 g/mol. The van der Waals surface area contributed by atoms with Crippen molar-refractivity contribution in [3.63, 3.8) is 0 Å². The first-order chi connectivity index (χ1) is 7.38. The lowest BCUT2D eigenvalue weighted by Crippen LogP contribution is -2.48. The second-order valence-corrected chi connectivity index (χ2v) is 5.49. The first-order valence-corrected chi connectivity index (χ1v) is 5.70. The van der Waals surface area contributed by atoms with E-state index in [1.165, 1.54) is 12.3 Å². The van der Waals surface area contributed by atoms with Gasteiger partial charge in [0.2, 0.25) is 0 Å². The lowest BCUT2D eigenvalue weighted by Gasteiger charge is -2.48. The highest BCUT2D eigenvalue weighted by molar-refractivity contribution is 9.10. The van der Waals surface area contributed by atoms with Crippen LogP contribution in [0.3, 0.4) is 0 Å². The lowest BCUT2D eigenvalue weighted by atomic mass is 9.59. The van der Waals surface area contributed by atoms with E-state index in [0.717, 1.165) is 0 Å². The molecule has 16 heavy (non-hydrogen) atoms. The number of halogens is 2.